The second kappa shape index (κ2) is 6.90. The SMILES string of the molecule is CC(C)(C)CCN1CCC(C(=O)N2CCNCC2)CC1. The molecule has 0 saturated carbocycles. The average molecular weight is 281 g/mol. The van der Waals surface area contributed by atoms with Gasteiger partial charge in [0.15, 0.2) is 0 Å². The van der Waals surface area contributed by atoms with E-state index in [1.54, 1.807) is 0 Å². The van der Waals surface area contributed by atoms with Gasteiger partial charge in [-0.1, -0.05) is 20.8 Å². The Labute approximate surface area is 123 Å². The molecule has 0 unspecified atom stereocenters. The highest BCUT2D eigenvalue weighted by atomic mass is 16.2. The molecule has 2 rings (SSSR count). The van der Waals surface area contributed by atoms with Crippen LogP contribution in [0.2, 0.25) is 0 Å². The minimum absolute atomic E-state index is 0.277. The molecule has 0 radical (unpaired) electrons. The second-order valence-electron chi connectivity index (χ2n) is 7.50. The monoisotopic (exact) mass is 281 g/mol. The van der Waals surface area contributed by atoms with Crippen LogP contribution in [-0.4, -0.2) is 61.5 Å². The molecule has 116 valence electrons. The molecule has 20 heavy (non-hydrogen) atoms. The van der Waals surface area contributed by atoms with E-state index in [1.165, 1.54) is 13.0 Å². The van der Waals surface area contributed by atoms with E-state index in [9.17, 15) is 4.79 Å². The van der Waals surface area contributed by atoms with Gasteiger partial charge in [-0.25, -0.2) is 0 Å². The van der Waals surface area contributed by atoms with Gasteiger partial charge < -0.3 is 15.1 Å². The Bertz CT molecular complexity index is 310. The van der Waals surface area contributed by atoms with E-state index in [0.717, 1.165) is 52.1 Å². The smallest absolute Gasteiger partial charge is 0.225 e. The zero-order chi connectivity index (χ0) is 14.6. The predicted octanol–water partition coefficient (Wildman–Crippen LogP) is 1.57. The van der Waals surface area contributed by atoms with Crippen molar-refractivity contribution in [1.29, 1.82) is 0 Å². The molecule has 4 heteroatoms. The van der Waals surface area contributed by atoms with Gasteiger partial charge in [0, 0.05) is 32.1 Å². The Morgan fingerprint density at radius 3 is 2.25 bits per heavy atom. The van der Waals surface area contributed by atoms with Crippen LogP contribution in [-0.2, 0) is 4.79 Å². The number of nitrogens with zero attached hydrogens (tertiary/aromatic N) is 2. The standard InChI is InChI=1S/C16H31N3O/c1-16(2,3)6-11-18-9-4-14(5-10-18)15(20)19-12-7-17-8-13-19/h14,17H,4-13H2,1-3H3. The summed E-state index contributed by atoms with van der Waals surface area (Å²) in [4.78, 5) is 17.1. The first kappa shape index (κ1) is 15.8. The number of rotatable bonds is 3. The highest BCUT2D eigenvalue weighted by Crippen LogP contribution is 2.23. The summed E-state index contributed by atoms with van der Waals surface area (Å²) in [6.45, 7) is 14.0. The van der Waals surface area contributed by atoms with Crippen LogP contribution in [0.5, 0.6) is 0 Å². The first-order valence-corrected chi connectivity index (χ1v) is 8.17. The molecule has 2 saturated heterocycles. The van der Waals surface area contributed by atoms with Gasteiger partial charge in [0.2, 0.25) is 5.91 Å². The van der Waals surface area contributed by atoms with Crippen LogP contribution in [0.3, 0.4) is 0 Å². The van der Waals surface area contributed by atoms with E-state index >= 15 is 0 Å². The number of nitrogens with one attached hydrogen (secondary N) is 1. The number of piperidine rings is 1. The lowest BCUT2D eigenvalue weighted by atomic mass is 9.90. The van der Waals surface area contributed by atoms with Crippen LogP contribution in [0.15, 0.2) is 0 Å². The molecule has 0 spiro atoms. The minimum atomic E-state index is 0.277. The number of hydrogen-bond donors (Lipinski definition) is 1. The maximum Gasteiger partial charge on any atom is 0.225 e. The maximum atomic E-state index is 12.5. The van der Waals surface area contributed by atoms with Gasteiger partial charge in [0.1, 0.15) is 0 Å². The van der Waals surface area contributed by atoms with Gasteiger partial charge in [-0.2, -0.15) is 0 Å². The van der Waals surface area contributed by atoms with Crippen molar-refractivity contribution in [3.8, 4) is 0 Å². The fraction of sp³-hybridized carbons (Fsp3) is 0.938. The average Bonchev–Trinajstić information content (AvgIpc) is 2.45. The van der Waals surface area contributed by atoms with Crippen molar-refractivity contribution in [2.75, 3.05) is 45.8 Å². The summed E-state index contributed by atoms with van der Waals surface area (Å²) in [7, 11) is 0. The predicted molar refractivity (Wildman–Crippen MR) is 82.7 cm³/mol. The molecular weight excluding hydrogens is 250 g/mol. The molecule has 2 fully saturated rings. The normalized spacial score (nSPS) is 23.1. The molecule has 0 atom stereocenters. The Morgan fingerprint density at radius 2 is 1.70 bits per heavy atom. The van der Waals surface area contributed by atoms with Gasteiger partial charge >= 0.3 is 0 Å². The van der Waals surface area contributed by atoms with Crippen LogP contribution in [0.25, 0.3) is 0 Å². The number of carbonyl (C=O) groups is 1. The highest BCUT2D eigenvalue weighted by Gasteiger charge is 2.29. The van der Waals surface area contributed by atoms with E-state index in [2.05, 4.69) is 35.9 Å². The van der Waals surface area contributed by atoms with Crippen molar-refractivity contribution in [3.05, 3.63) is 0 Å². The molecule has 4 nitrogen and oxygen atoms in total. The zero-order valence-corrected chi connectivity index (χ0v) is 13.5. The van der Waals surface area contributed by atoms with Crippen molar-refractivity contribution < 1.29 is 4.79 Å². The molecule has 1 N–H and O–H groups in total. The van der Waals surface area contributed by atoms with Crippen molar-refractivity contribution in [1.82, 2.24) is 15.1 Å². The van der Waals surface area contributed by atoms with Gasteiger partial charge in [-0.15, -0.1) is 0 Å². The number of hydrogen-bond acceptors (Lipinski definition) is 3. The van der Waals surface area contributed by atoms with E-state index < -0.39 is 0 Å². The Balaban J connectivity index is 1.72. The molecule has 0 aliphatic carbocycles. The third kappa shape index (κ3) is 4.74. The number of carbonyl (C=O) groups excluding carboxylic acids is 1. The van der Waals surface area contributed by atoms with Crippen LogP contribution in [0.1, 0.15) is 40.0 Å². The Kier molecular flexibility index (Phi) is 5.44. The molecule has 2 heterocycles. The summed E-state index contributed by atoms with van der Waals surface area (Å²) in [5, 5.41) is 3.31. The first-order valence-electron chi connectivity index (χ1n) is 8.17. The fourth-order valence-corrected chi connectivity index (χ4v) is 3.04. The summed E-state index contributed by atoms with van der Waals surface area (Å²) in [5.41, 5.74) is 0.410. The van der Waals surface area contributed by atoms with E-state index in [1.807, 2.05) is 0 Å². The van der Waals surface area contributed by atoms with Crippen LogP contribution in [0, 0.1) is 11.3 Å². The van der Waals surface area contributed by atoms with Crippen LogP contribution >= 0.6 is 0 Å². The minimum Gasteiger partial charge on any atom is -0.340 e. The van der Waals surface area contributed by atoms with Gasteiger partial charge in [0.25, 0.3) is 0 Å². The summed E-state index contributed by atoms with van der Waals surface area (Å²) in [5.74, 6) is 0.681. The summed E-state index contributed by atoms with van der Waals surface area (Å²) in [6.07, 6.45) is 3.34. The summed E-state index contributed by atoms with van der Waals surface area (Å²) >= 11 is 0. The third-order valence-electron chi connectivity index (χ3n) is 4.54. The van der Waals surface area contributed by atoms with Crippen LogP contribution < -0.4 is 5.32 Å². The molecule has 0 aromatic heterocycles. The van der Waals surface area contributed by atoms with E-state index in [0.29, 0.717) is 11.3 Å². The second-order valence-corrected chi connectivity index (χ2v) is 7.50. The topological polar surface area (TPSA) is 35.6 Å². The Morgan fingerprint density at radius 1 is 1.10 bits per heavy atom. The molecular formula is C16H31N3O. The number of piperazine rings is 1. The van der Waals surface area contributed by atoms with Gasteiger partial charge in [-0.3, -0.25) is 4.79 Å². The summed E-state index contributed by atoms with van der Waals surface area (Å²) < 4.78 is 0. The number of likely N-dealkylation sites (tertiary alicyclic amines) is 1. The fourth-order valence-electron chi connectivity index (χ4n) is 3.04. The molecule has 0 aromatic rings. The lowest BCUT2D eigenvalue weighted by Crippen LogP contribution is -2.50. The van der Waals surface area contributed by atoms with Gasteiger partial charge in [0.05, 0.1) is 0 Å². The quantitative estimate of drug-likeness (QED) is 0.853. The first-order chi connectivity index (χ1) is 9.46. The molecule has 0 aromatic carbocycles. The third-order valence-corrected chi connectivity index (χ3v) is 4.54. The highest BCUT2D eigenvalue weighted by molar-refractivity contribution is 5.79. The lowest BCUT2D eigenvalue weighted by Gasteiger charge is -2.36. The zero-order valence-electron chi connectivity index (χ0n) is 13.5. The summed E-state index contributed by atoms with van der Waals surface area (Å²) in [6, 6.07) is 0. The molecule has 2 aliphatic rings. The molecule has 1 amide bonds. The maximum absolute atomic E-state index is 12.5. The molecule has 2 aliphatic heterocycles. The largest absolute Gasteiger partial charge is 0.340 e. The van der Waals surface area contributed by atoms with Crippen molar-refractivity contribution in [2.24, 2.45) is 11.3 Å². The Hall–Kier alpha value is -0.610. The van der Waals surface area contributed by atoms with Crippen molar-refractivity contribution >= 4 is 5.91 Å². The van der Waals surface area contributed by atoms with Crippen molar-refractivity contribution in [3.63, 3.8) is 0 Å². The van der Waals surface area contributed by atoms with E-state index in [-0.39, 0.29) is 5.92 Å². The van der Waals surface area contributed by atoms with Gasteiger partial charge in [-0.05, 0) is 44.3 Å². The number of amides is 1. The lowest BCUT2D eigenvalue weighted by molar-refractivity contribution is -0.137. The molecule has 0 bridgehead atoms. The van der Waals surface area contributed by atoms with Crippen molar-refractivity contribution in [2.45, 2.75) is 40.0 Å². The van der Waals surface area contributed by atoms with Crippen LogP contribution in [0.4, 0.5) is 0 Å². The van der Waals surface area contributed by atoms with E-state index in [4.69, 9.17) is 0 Å².